The highest BCUT2D eigenvalue weighted by Gasteiger charge is 2.23. The van der Waals surface area contributed by atoms with Gasteiger partial charge in [-0.2, -0.15) is 5.10 Å². The van der Waals surface area contributed by atoms with Crippen LogP contribution in [-0.4, -0.2) is 44.5 Å². The number of aromatic nitrogens is 2. The van der Waals surface area contributed by atoms with Crippen molar-refractivity contribution in [3.05, 3.63) is 87.6 Å². The van der Waals surface area contributed by atoms with Crippen LogP contribution in [0.5, 0.6) is 0 Å². The molecule has 0 saturated carbocycles. The molecule has 0 aliphatic heterocycles. The summed E-state index contributed by atoms with van der Waals surface area (Å²) in [5, 5.41) is 18.6. The number of nitrogens with zero attached hydrogens (tertiary/aromatic N) is 4. The first-order chi connectivity index (χ1) is 18.5. The maximum atomic E-state index is 13.2. The van der Waals surface area contributed by atoms with Gasteiger partial charge in [0.2, 0.25) is 11.8 Å². The van der Waals surface area contributed by atoms with Crippen LogP contribution >= 0.6 is 0 Å². The Morgan fingerprint density at radius 2 is 1.79 bits per heavy atom. The first-order valence-electron chi connectivity index (χ1n) is 13.2. The molecule has 9 nitrogen and oxygen atoms in total. The number of aryl methyl sites for hydroxylation is 1. The minimum absolute atomic E-state index is 0.0177. The maximum absolute atomic E-state index is 13.2. The van der Waals surface area contributed by atoms with Crippen molar-refractivity contribution >= 4 is 29.4 Å². The number of anilines is 1. The number of nitro benzene ring substituents is 1. The summed E-state index contributed by atoms with van der Waals surface area (Å²) in [7, 11) is 0. The number of carbonyl (C=O) groups excluding carboxylic acids is 2. The number of non-ortho nitro benzene ring substituents is 1. The van der Waals surface area contributed by atoms with Crippen LogP contribution in [0.3, 0.4) is 0 Å². The summed E-state index contributed by atoms with van der Waals surface area (Å²) in [6.07, 6.45) is 5.69. The van der Waals surface area contributed by atoms with Crippen LogP contribution < -0.4 is 5.32 Å². The third-order valence-corrected chi connectivity index (χ3v) is 6.29. The first kappa shape index (κ1) is 29.3. The van der Waals surface area contributed by atoms with Gasteiger partial charge >= 0.3 is 0 Å². The minimum atomic E-state index is -0.470. The number of carbonyl (C=O) groups is 2. The standard InChI is InChI=1S/C30H37N5O4/c1-6-7-10-19-33(29(37)18-15-23-13-16-24(17-14-23)35(38)39)21-28(36)31-27-20-26(30(3,4)5)32-34(27)25-12-9-8-11-22(25)2/h8-9,11-18,20H,6-7,10,19,21H2,1-5H3,(H,31,36). The molecule has 0 atom stereocenters. The largest absolute Gasteiger partial charge is 0.330 e. The lowest BCUT2D eigenvalue weighted by atomic mass is 9.92. The molecule has 39 heavy (non-hydrogen) atoms. The number of nitrogens with one attached hydrogen (secondary N) is 1. The van der Waals surface area contributed by atoms with E-state index in [0.717, 1.165) is 36.2 Å². The Morgan fingerprint density at radius 3 is 2.41 bits per heavy atom. The minimum Gasteiger partial charge on any atom is -0.330 e. The van der Waals surface area contributed by atoms with Crippen LogP contribution in [0.2, 0.25) is 0 Å². The molecular weight excluding hydrogens is 494 g/mol. The highest BCUT2D eigenvalue weighted by atomic mass is 16.6. The fourth-order valence-electron chi connectivity index (χ4n) is 3.98. The summed E-state index contributed by atoms with van der Waals surface area (Å²) in [5.74, 6) is -0.0808. The van der Waals surface area contributed by atoms with Gasteiger partial charge in [0, 0.05) is 36.2 Å². The third-order valence-electron chi connectivity index (χ3n) is 6.29. The number of hydrogen-bond donors (Lipinski definition) is 1. The molecule has 0 aliphatic rings. The molecule has 0 spiro atoms. The smallest absolute Gasteiger partial charge is 0.269 e. The van der Waals surface area contributed by atoms with Crippen LogP contribution in [0, 0.1) is 17.0 Å². The number of rotatable bonds is 11. The van der Waals surface area contributed by atoms with Gasteiger partial charge in [-0.15, -0.1) is 0 Å². The molecule has 3 rings (SSSR count). The quantitative estimate of drug-likeness (QED) is 0.140. The lowest BCUT2D eigenvalue weighted by Gasteiger charge is -2.21. The van der Waals surface area contributed by atoms with E-state index in [1.54, 1.807) is 22.9 Å². The van der Waals surface area contributed by atoms with Crippen molar-refractivity contribution in [2.24, 2.45) is 0 Å². The molecule has 9 heteroatoms. The molecule has 1 aromatic heterocycles. The molecule has 2 amide bonds. The zero-order valence-corrected chi connectivity index (χ0v) is 23.3. The van der Waals surface area contributed by atoms with Crippen LogP contribution in [0.4, 0.5) is 11.5 Å². The molecule has 1 N–H and O–H groups in total. The monoisotopic (exact) mass is 531 g/mol. The van der Waals surface area contributed by atoms with E-state index in [2.05, 4.69) is 33.0 Å². The van der Waals surface area contributed by atoms with Crippen molar-refractivity contribution in [2.75, 3.05) is 18.4 Å². The molecule has 0 unspecified atom stereocenters. The summed E-state index contributed by atoms with van der Waals surface area (Å²) in [6, 6.07) is 15.6. The summed E-state index contributed by atoms with van der Waals surface area (Å²) < 4.78 is 1.74. The van der Waals surface area contributed by atoms with Crippen LogP contribution in [-0.2, 0) is 15.0 Å². The number of para-hydroxylation sites is 1. The molecule has 1 heterocycles. The zero-order valence-electron chi connectivity index (χ0n) is 23.3. The van der Waals surface area contributed by atoms with Crippen molar-refractivity contribution in [1.82, 2.24) is 14.7 Å². The van der Waals surface area contributed by atoms with E-state index in [0.29, 0.717) is 17.9 Å². The molecule has 0 fully saturated rings. The number of benzene rings is 2. The predicted molar refractivity (Wildman–Crippen MR) is 154 cm³/mol. The zero-order chi connectivity index (χ0) is 28.6. The Labute approximate surface area is 229 Å². The van der Waals surface area contributed by atoms with Gasteiger partial charge in [0.1, 0.15) is 12.4 Å². The SMILES string of the molecule is CCCCCN(CC(=O)Nc1cc(C(C)(C)C)nn1-c1ccccc1C)C(=O)C=Cc1ccc([N+](=O)[O-])cc1. The fourth-order valence-corrected chi connectivity index (χ4v) is 3.98. The Morgan fingerprint density at radius 1 is 1.10 bits per heavy atom. The van der Waals surface area contributed by atoms with Gasteiger partial charge in [0.25, 0.3) is 5.69 Å². The van der Waals surface area contributed by atoms with Crippen LogP contribution in [0.1, 0.15) is 63.8 Å². The Hall–Kier alpha value is -4.27. The van der Waals surface area contributed by atoms with E-state index < -0.39 is 4.92 Å². The summed E-state index contributed by atoms with van der Waals surface area (Å²) in [4.78, 5) is 38.2. The summed E-state index contributed by atoms with van der Waals surface area (Å²) in [6.45, 7) is 10.6. The molecule has 2 aromatic carbocycles. The number of hydrogen-bond acceptors (Lipinski definition) is 5. The van der Waals surface area contributed by atoms with Crippen molar-refractivity contribution < 1.29 is 14.5 Å². The van der Waals surface area contributed by atoms with Gasteiger partial charge in [-0.3, -0.25) is 19.7 Å². The molecule has 0 saturated heterocycles. The van der Waals surface area contributed by atoms with Gasteiger partial charge in [0.15, 0.2) is 0 Å². The first-order valence-corrected chi connectivity index (χ1v) is 13.2. The van der Waals surface area contributed by atoms with Gasteiger partial charge in [-0.1, -0.05) is 58.7 Å². The van der Waals surface area contributed by atoms with E-state index in [1.807, 2.05) is 37.3 Å². The molecule has 0 aliphatic carbocycles. The fraction of sp³-hybridized carbons (Fsp3) is 0.367. The average molecular weight is 532 g/mol. The van der Waals surface area contributed by atoms with Gasteiger partial charge in [-0.05, 0) is 48.7 Å². The van der Waals surface area contributed by atoms with Crippen molar-refractivity contribution in [1.29, 1.82) is 0 Å². The maximum Gasteiger partial charge on any atom is 0.269 e. The summed E-state index contributed by atoms with van der Waals surface area (Å²) >= 11 is 0. The van der Waals surface area contributed by atoms with E-state index in [9.17, 15) is 19.7 Å². The Balaban J connectivity index is 1.80. The topological polar surface area (TPSA) is 110 Å². The van der Waals surface area contributed by atoms with Crippen LogP contribution in [0.15, 0.2) is 60.7 Å². The van der Waals surface area contributed by atoms with E-state index in [1.165, 1.54) is 23.1 Å². The number of amides is 2. The second-order valence-corrected chi connectivity index (χ2v) is 10.6. The van der Waals surface area contributed by atoms with E-state index >= 15 is 0 Å². The molecule has 3 aromatic rings. The van der Waals surface area contributed by atoms with E-state index in [4.69, 9.17) is 5.10 Å². The van der Waals surface area contributed by atoms with E-state index in [-0.39, 0.29) is 29.5 Å². The molecule has 0 radical (unpaired) electrons. The van der Waals surface area contributed by atoms with Gasteiger partial charge in [-0.25, -0.2) is 4.68 Å². The Bertz CT molecular complexity index is 1340. The normalized spacial score (nSPS) is 11.5. The van der Waals surface area contributed by atoms with Crippen LogP contribution in [0.25, 0.3) is 11.8 Å². The highest BCUT2D eigenvalue weighted by molar-refractivity contribution is 5.98. The second kappa shape index (κ2) is 13.0. The van der Waals surface area contributed by atoms with Crippen molar-refractivity contribution in [2.45, 2.75) is 59.3 Å². The molecule has 206 valence electrons. The number of unbranched alkanes of at least 4 members (excludes halogenated alkanes) is 2. The van der Waals surface area contributed by atoms with Crippen molar-refractivity contribution in [3.8, 4) is 5.69 Å². The molecule has 0 bridgehead atoms. The van der Waals surface area contributed by atoms with Gasteiger partial charge in [0.05, 0.1) is 16.3 Å². The van der Waals surface area contributed by atoms with Crippen molar-refractivity contribution in [3.63, 3.8) is 0 Å². The highest BCUT2D eigenvalue weighted by Crippen LogP contribution is 2.27. The summed E-state index contributed by atoms with van der Waals surface area (Å²) in [5.41, 5.74) is 3.13. The predicted octanol–water partition coefficient (Wildman–Crippen LogP) is 6.06. The lowest BCUT2D eigenvalue weighted by molar-refractivity contribution is -0.384. The third kappa shape index (κ3) is 8.10. The lowest BCUT2D eigenvalue weighted by Crippen LogP contribution is -2.38. The van der Waals surface area contributed by atoms with Gasteiger partial charge < -0.3 is 10.2 Å². The second-order valence-electron chi connectivity index (χ2n) is 10.6. The average Bonchev–Trinajstić information content (AvgIpc) is 3.31. The number of nitro groups is 1. The Kier molecular flexibility index (Phi) is 9.76. The molecular formula is C30H37N5O4.